The van der Waals surface area contributed by atoms with Crippen LogP contribution in [0.25, 0.3) is 0 Å². The number of nitrogens with zero attached hydrogens (tertiary/aromatic N) is 1. The normalized spacial score (nSPS) is 23.7. The van der Waals surface area contributed by atoms with Gasteiger partial charge in [-0.15, -0.1) is 0 Å². The summed E-state index contributed by atoms with van der Waals surface area (Å²) in [4.78, 5) is 2.51. The minimum absolute atomic E-state index is 0.296. The second-order valence-electron chi connectivity index (χ2n) is 5.16. The average molecular weight is 327 g/mol. The molecule has 1 heterocycles. The van der Waals surface area contributed by atoms with E-state index in [1.165, 1.54) is 11.3 Å². The van der Waals surface area contributed by atoms with Crippen LogP contribution >= 0.6 is 15.9 Å². The molecule has 4 heteroatoms. The highest BCUT2D eigenvalue weighted by atomic mass is 79.9. The number of ether oxygens (including phenoxy) is 1. The molecule has 1 aromatic rings. The number of hydrogen-bond acceptors (Lipinski definition) is 3. The quantitative estimate of drug-likeness (QED) is 0.919. The Morgan fingerprint density at radius 1 is 1.47 bits per heavy atom. The van der Waals surface area contributed by atoms with Crippen LogP contribution in [-0.2, 0) is 11.3 Å². The van der Waals surface area contributed by atoms with Crippen molar-refractivity contribution in [1.29, 1.82) is 0 Å². The van der Waals surface area contributed by atoms with Crippen LogP contribution in [0.5, 0.6) is 0 Å². The van der Waals surface area contributed by atoms with Crippen molar-refractivity contribution in [3.05, 3.63) is 28.2 Å². The standard InChI is InChI=1S/C15H23BrN2O/c1-4-14-10-19-11(2)9-18(14)15-7-13(16)6-5-12(15)8-17-3/h5-7,11,14,17H,4,8-10H2,1-3H3. The Kier molecular flexibility index (Phi) is 5.25. The Balaban J connectivity index is 2.33. The zero-order valence-electron chi connectivity index (χ0n) is 11.9. The molecule has 0 saturated carbocycles. The highest BCUT2D eigenvalue weighted by Crippen LogP contribution is 2.30. The van der Waals surface area contributed by atoms with Crippen LogP contribution in [-0.4, -0.2) is 32.3 Å². The number of nitrogens with one attached hydrogen (secondary N) is 1. The predicted molar refractivity (Wildman–Crippen MR) is 83.7 cm³/mol. The van der Waals surface area contributed by atoms with Crippen LogP contribution in [0.4, 0.5) is 5.69 Å². The van der Waals surface area contributed by atoms with E-state index in [-0.39, 0.29) is 0 Å². The monoisotopic (exact) mass is 326 g/mol. The maximum absolute atomic E-state index is 5.79. The maximum Gasteiger partial charge on any atom is 0.0723 e. The van der Waals surface area contributed by atoms with E-state index >= 15 is 0 Å². The maximum atomic E-state index is 5.79. The van der Waals surface area contributed by atoms with Crippen LogP contribution in [0.1, 0.15) is 25.8 Å². The lowest BCUT2D eigenvalue weighted by Crippen LogP contribution is -2.49. The summed E-state index contributed by atoms with van der Waals surface area (Å²) in [5.74, 6) is 0. The molecule has 19 heavy (non-hydrogen) atoms. The van der Waals surface area contributed by atoms with Crippen molar-refractivity contribution >= 4 is 21.6 Å². The molecule has 2 unspecified atom stereocenters. The lowest BCUT2D eigenvalue weighted by molar-refractivity contribution is 0.0299. The molecule has 0 bridgehead atoms. The third-order valence-electron chi connectivity index (χ3n) is 3.66. The summed E-state index contributed by atoms with van der Waals surface area (Å²) in [6.07, 6.45) is 1.40. The van der Waals surface area contributed by atoms with Gasteiger partial charge in [-0.05, 0) is 38.1 Å². The van der Waals surface area contributed by atoms with E-state index in [1.54, 1.807) is 0 Å². The molecule has 106 valence electrons. The van der Waals surface area contributed by atoms with Gasteiger partial charge in [0.25, 0.3) is 0 Å². The van der Waals surface area contributed by atoms with Crippen molar-refractivity contribution in [2.75, 3.05) is 25.1 Å². The molecule has 1 N–H and O–H groups in total. The molecule has 0 radical (unpaired) electrons. The number of anilines is 1. The van der Waals surface area contributed by atoms with Crippen LogP contribution in [0.3, 0.4) is 0 Å². The highest BCUT2D eigenvalue weighted by molar-refractivity contribution is 9.10. The minimum Gasteiger partial charge on any atom is -0.375 e. The molecule has 1 aromatic carbocycles. The van der Waals surface area contributed by atoms with E-state index in [4.69, 9.17) is 4.74 Å². The van der Waals surface area contributed by atoms with Gasteiger partial charge >= 0.3 is 0 Å². The largest absolute Gasteiger partial charge is 0.375 e. The zero-order chi connectivity index (χ0) is 13.8. The van der Waals surface area contributed by atoms with E-state index in [2.05, 4.69) is 58.2 Å². The lowest BCUT2D eigenvalue weighted by atomic mass is 10.1. The van der Waals surface area contributed by atoms with Gasteiger partial charge in [-0.2, -0.15) is 0 Å². The Labute approximate surface area is 124 Å². The van der Waals surface area contributed by atoms with Crippen LogP contribution < -0.4 is 10.2 Å². The van der Waals surface area contributed by atoms with Crippen molar-refractivity contribution in [3.63, 3.8) is 0 Å². The highest BCUT2D eigenvalue weighted by Gasteiger charge is 2.27. The summed E-state index contributed by atoms with van der Waals surface area (Å²) in [6.45, 7) is 7.06. The molecule has 0 amide bonds. The summed E-state index contributed by atoms with van der Waals surface area (Å²) in [5, 5.41) is 3.25. The molecular formula is C15H23BrN2O. The van der Waals surface area contributed by atoms with Gasteiger partial charge in [-0.25, -0.2) is 0 Å². The van der Waals surface area contributed by atoms with Gasteiger partial charge in [0, 0.05) is 23.2 Å². The molecule has 1 saturated heterocycles. The first-order valence-corrected chi connectivity index (χ1v) is 7.76. The van der Waals surface area contributed by atoms with Gasteiger partial charge in [0.05, 0.1) is 18.8 Å². The second kappa shape index (κ2) is 6.73. The molecule has 0 aliphatic carbocycles. The third kappa shape index (κ3) is 3.50. The minimum atomic E-state index is 0.296. The van der Waals surface area contributed by atoms with Gasteiger partial charge in [-0.3, -0.25) is 0 Å². The molecule has 1 aliphatic rings. The van der Waals surface area contributed by atoms with Crippen molar-refractivity contribution in [2.24, 2.45) is 0 Å². The number of benzene rings is 1. The Morgan fingerprint density at radius 3 is 2.95 bits per heavy atom. The van der Waals surface area contributed by atoms with Gasteiger partial charge in [-0.1, -0.05) is 28.9 Å². The van der Waals surface area contributed by atoms with Gasteiger partial charge in [0.1, 0.15) is 0 Å². The SMILES string of the molecule is CCC1COC(C)CN1c1cc(Br)ccc1CNC. The molecule has 0 aromatic heterocycles. The number of hydrogen-bond donors (Lipinski definition) is 1. The summed E-state index contributed by atoms with van der Waals surface area (Å²) >= 11 is 3.59. The molecule has 1 fully saturated rings. The fourth-order valence-electron chi connectivity index (χ4n) is 2.62. The molecule has 2 rings (SSSR count). The zero-order valence-corrected chi connectivity index (χ0v) is 13.5. The first-order valence-electron chi connectivity index (χ1n) is 6.97. The fourth-order valence-corrected chi connectivity index (χ4v) is 2.97. The topological polar surface area (TPSA) is 24.5 Å². The van der Waals surface area contributed by atoms with Gasteiger partial charge in [0.15, 0.2) is 0 Å². The van der Waals surface area contributed by atoms with Crippen LogP contribution in [0.2, 0.25) is 0 Å². The van der Waals surface area contributed by atoms with E-state index in [0.29, 0.717) is 12.1 Å². The number of morpholine rings is 1. The Bertz CT molecular complexity index is 425. The van der Waals surface area contributed by atoms with E-state index in [1.807, 2.05) is 7.05 Å². The predicted octanol–water partition coefficient (Wildman–Crippen LogP) is 3.17. The Hall–Kier alpha value is -0.580. The molecule has 2 atom stereocenters. The smallest absolute Gasteiger partial charge is 0.0723 e. The van der Waals surface area contributed by atoms with Crippen LogP contribution in [0.15, 0.2) is 22.7 Å². The Morgan fingerprint density at radius 2 is 2.26 bits per heavy atom. The summed E-state index contributed by atoms with van der Waals surface area (Å²) in [6, 6.07) is 7.01. The van der Waals surface area contributed by atoms with Crippen molar-refractivity contribution < 1.29 is 4.74 Å². The van der Waals surface area contributed by atoms with Crippen molar-refractivity contribution in [2.45, 2.75) is 39.0 Å². The van der Waals surface area contributed by atoms with Gasteiger partial charge in [0.2, 0.25) is 0 Å². The first-order chi connectivity index (χ1) is 9.15. The lowest BCUT2D eigenvalue weighted by Gasteiger charge is -2.41. The van der Waals surface area contributed by atoms with E-state index < -0.39 is 0 Å². The molecule has 3 nitrogen and oxygen atoms in total. The van der Waals surface area contributed by atoms with Crippen molar-refractivity contribution in [3.8, 4) is 0 Å². The second-order valence-corrected chi connectivity index (χ2v) is 6.08. The van der Waals surface area contributed by atoms with E-state index in [9.17, 15) is 0 Å². The molecule has 0 spiro atoms. The summed E-state index contributed by atoms with van der Waals surface area (Å²) in [7, 11) is 1.99. The number of halogens is 1. The summed E-state index contributed by atoms with van der Waals surface area (Å²) in [5.41, 5.74) is 2.67. The first kappa shape index (κ1) is 14.8. The molecule has 1 aliphatic heterocycles. The number of rotatable bonds is 4. The third-order valence-corrected chi connectivity index (χ3v) is 4.16. The van der Waals surface area contributed by atoms with Crippen LogP contribution in [0, 0.1) is 0 Å². The fraction of sp³-hybridized carbons (Fsp3) is 0.600. The van der Waals surface area contributed by atoms with Crippen molar-refractivity contribution in [1.82, 2.24) is 5.32 Å². The summed E-state index contributed by atoms with van der Waals surface area (Å²) < 4.78 is 6.93. The average Bonchev–Trinajstić information content (AvgIpc) is 2.41. The molecular weight excluding hydrogens is 304 g/mol. The van der Waals surface area contributed by atoms with E-state index in [0.717, 1.165) is 30.6 Å². The van der Waals surface area contributed by atoms with Gasteiger partial charge < -0.3 is 15.0 Å².